The van der Waals surface area contributed by atoms with Crippen LogP contribution in [0.4, 0.5) is 17.6 Å². The molecule has 6 rings (SSSR count). The molecule has 0 aromatic heterocycles. The van der Waals surface area contributed by atoms with Crippen LogP contribution in [0, 0.1) is 35.5 Å². The first kappa shape index (κ1) is 78.4. The van der Waals surface area contributed by atoms with E-state index in [1.165, 1.54) is 97.6 Å². The highest BCUT2D eigenvalue weighted by Gasteiger charge is 2.53. The molecule has 3 N–H and O–H groups in total. The quantitative estimate of drug-likeness (QED) is 0.241. The molecular formula is C68H110F4N12O12. The molecule has 3 saturated carbocycles. The van der Waals surface area contributed by atoms with Gasteiger partial charge in [0, 0.05) is 69.5 Å². The average molecular weight is 1360 g/mol. The Morgan fingerprint density at radius 1 is 0.635 bits per heavy atom. The molecule has 3 heterocycles. The number of fused-ring (bicyclic) bond motifs is 2. The van der Waals surface area contributed by atoms with E-state index in [1.807, 2.05) is 27.7 Å². The Labute approximate surface area is 564 Å². The topological polar surface area (TPSA) is 270 Å². The summed E-state index contributed by atoms with van der Waals surface area (Å²) in [6.07, 6.45) is -3.13. The van der Waals surface area contributed by atoms with Crippen molar-refractivity contribution in [3.63, 3.8) is 0 Å². The van der Waals surface area contributed by atoms with Crippen molar-refractivity contribution in [1.29, 1.82) is 0 Å². The van der Waals surface area contributed by atoms with Gasteiger partial charge in [-0.05, 0) is 120 Å². The third-order valence-electron chi connectivity index (χ3n) is 22.1. The standard InChI is InChI=1S/C68H110F4N12O12/c1-16-40(5)54-63(93)78(11)42(7)59(89)84-34-30-49(84)62(92)81(14)56(44-23-18-19-24-44)64(94)77(10)38-52(85)73-47(29-27-43-26-28-45(46(69)36-43)68(70,71)72)60(90)83-33-22-25-48(83)58(88)75-67(31-20-21-32-67)66(96)82(15)55(41(6)17-2)65(95)80(13)51(61(91)76(8)9)37-53(86)79(12)50(35-39(3)4)57(87)74-54/h39-51,54-56H,16-38H2,1-15H3,(H,73,85)(H,74,87)(H,75,88)/t40-,41-,42-,43?,45?,46?,47-,48-,49-,50-,51-,54-,55-,56-/m0/s1. The average Bonchev–Trinajstić information content (AvgIpc) is 1.20. The fourth-order valence-corrected chi connectivity index (χ4v) is 15.3. The van der Waals surface area contributed by atoms with Gasteiger partial charge in [-0.25, -0.2) is 4.39 Å². The lowest BCUT2D eigenvalue weighted by molar-refractivity contribution is -0.201. The molecule has 3 aliphatic carbocycles. The Balaban J connectivity index is 1.41. The predicted octanol–water partition coefficient (Wildman–Crippen LogP) is 4.51. The summed E-state index contributed by atoms with van der Waals surface area (Å²) in [7, 11) is 11.4. The maximum absolute atomic E-state index is 15.4. The van der Waals surface area contributed by atoms with E-state index in [1.54, 1.807) is 13.8 Å². The summed E-state index contributed by atoms with van der Waals surface area (Å²) in [5, 5.41) is 8.67. The van der Waals surface area contributed by atoms with Gasteiger partial charge in [0.05, 0.1) is 18.9 Å². The number of rotatable bonds is 11. The molecule has 3 aliphatic heterocycles. The Bertz CT molecular complexity index is 2840. The zero-order valence-electron chi connectivity index (χ0n) is 59.4. The zero-order valence-corrected chi connectivity index (χ0v) is 59.4. The third kappa shape index (κ3) is 17.8. The molecule has 6 fully saturated rings. The van der Waals surface area contributed by atoms with Crippen LogP contribution in [-0.2, 0) is 57.5 Å². The van der Waals surface area contributed by atoms with Crippen molar-refractivity contribution in [2.24, 2.45) is 35.5 Å². The molecule has 0 radical (unpaired) electrons. The summed E-state index contributed by atoms with van der Waals surface area (Å²) < 4.78 is 56.7. The third-order valence-corrected chi connectivity index (χ3v) is 22.1. The lowest BCUT2D eigenvalue weighted by Crippen LogP contribution is -2.65. The van der Waals surface area contributed by atoms with Gasteiger partial charge in [-0.15, -0.1) is 0 Å². The fraction of sp³-hybridized carbons (Fsp3) is 0.824. The first-order valence-corrected chi connectivity index (χ1v) is 35.0. The largest absolute Gasteiger partial charge is 0.394 e. The number of amides is 12. The van der Waals surface area contributed by atoms with Gasteiger partial charge in [0.2, 0.25) is 70.9 Å². The Kier molecular flexibility index (Phi) is 27.2. The molecule has 3 saturated heterocycles. The maximum atomic E-state index is 15.4. The molecule has 0 aromatic rings. The van der Waals surface area contributed by atoms with Crippen LogP contribution in [0.25, 0.3) is 0 Å². The van der Waals surface area contributed by atoms with Crippen molar-refractivity contribution in [2.75, 3.05) is 76.0 Å². The van der Waals surface area contributed by atoms with Crippen molar-refractivity contribution in [2.45, 2.75) is 249 Å². The Hall–Kier alpha value is -6.64. The smallest absolute Gasteiger partial charge is 0.347 e. The van der Waals surface area contributed by atoms with Crippen LogP contribution in [0.15, 0.2) is 0 Å². The zero-order chi connectivity index (χ0) is 71.7. The number of likely N-dealkylation sites (N-methyl/N-ethyl adjacent to an activating group) is 7. The van der Waals surface area contributed by atoms with E-state index in [0.717, 1.165) is 22.6 Å². The summed E-state index contributed by atoms with van der Waals surface area (Å²) >= 11 is 0. The van der Waals surface area contributed by atoms with Gasteiger partial charge in [-0.2, -0.15) is 13.2 Å². The molecule has 28 heteroatoms. The van der Waals surface area contributed by atoms with Crippen molar-refractivity contribution in [3.05, 3.63) is 0 Å². The van der Waals surface area contributed by atoms with Gasteiger partial charge in [-0.3, -0.25) is 57.5 Å². The Morgan fingerprint density at radius 2 is 1.25 bits per heavy atom. The molecule has 6 aliphatic rings. The van der Waals surface area contributed by atoms with Crippen LogP contribution in [-0.4, -0.2) is 263 Å². The minimum Gasteiger partial charge on any atom is -0.347 e. The normalized spacial score (nSPS) is 30.9. The molecule has 0 aromatic carbocycles. The van der Waals surface area contributed by atoms with Gasteiger partial charge >= 0.3 is 6.18 Å². The number of halogens is 4. The number of hydrogen-bond donors (Lipinski definition) is 3. The predicted molar refractivity (Wildman–Crippen MR) is 349 cm³/mol. The molecule has 542 valence electrons. The second-order valence-corrected chi connectivity index (χ2v) is 29.3. The van der Waals surface area contributed by atoms with Crippen molar-refractivity contribution in [1.82, 2.24) is 60.0 Å². The number of carbonyl (C=O) groups excluding carboxylic acids is 12. The highest BCUT2D eigenvalue weighted by atomic mass is 19.4. The van der Waals surface area contributed by atoms with Crippen molar-refractivity contribution in [3.8, 4) is 0 Å². The van der Waals surface area contributed by atoms with Crippen LogP contribution in [0.3, 0.4) is 0 Å². The minimum absolute atomic E-state index is 0.00219. The van der Waals surface area contributed by atoms with E-state index >= 15 is 18.8 Å². The number of nitrogens with one attached hydrogen (secondary N) is 3. The monoisotopic (exact) mass is 1360 g/mol. The van der Waals surface area contributed by atoms with Gasteiger partial charge in [-0.1, -0.05) is 80.1 Å². The summed E-state index contributed by atoms with van der Waals surface area (Å²) in [6, 6.07) is -11.1. The molecule has 12 amide bonds. The lowest BCUT2D eigenvalue weighted by atomic mass is 9.78. The lowest BCUT2D eigenvalue weighted by Gasteiger charge is -2.45. The second kappa shape index (κ2) is 33.3. The number of alkyl halides is 4. The molecule has 3 unspecified atom stereocenters. The van der Waals surface area contributed by atoms with E-state index in [0.29, 0.717) is 44.9 Å². The van der Waals surface area contributed by atoms with Gasteiger partial charge in [0.15, 0.2) is 0 Å². The molecule has 96 heavy (non-hydrogen) atoms. The van der Waals surface area contributed by atoms with Crippen molar-refractivity contribution >= 4 is 70.9 Å². The molecule has 0 bridgehead atoms. The maximum Gasteiger partial charge on any atom is 0.394 e. The van der Waals surface area contributed by atoms with E-state index in [2.05, 4.69) is 16.0 Å². The van der Waals surface area contributed by atoms with Crippen LogP contribution in [0.2, 0.25) is 0 Å². The highest BCUT2D eigenvalue weighted by Crippen LogP contribution is 2.43. The summed E-state index contributed by atoms with van der Waals surface area (Å²) in [4.78, 5) is 189. The minimum atomic E-state index is -4.75. The van der Waals surface area contributed by atoms with Crippen LogP contribution >= 0.6 is 0 Å². The van der Waals surface area contributed by atoms with E-state index < -0.39 is 193 Å². The summed E-state index contributed by atoms with van der Waals surface area (Å²) in [5.41, 5.74) is -1.59. The number of nitrogens with zero attached hydrogens (tertiary/aromatic N) is 9. The van der Waals surface area contributed by atoms with Gasteiger partial charge in [0.25, 0.3) is 0 Å². The van der Waals surface area contributed by atoms with Gasteiger partial charge < -0.3 is 60.0 Å². The highest BCUT2D eigenvalue weighted by molar-refractivity contribution is 6.01. The van der Waals surface area contributed by atoms with E-state index in [9.17, 15) is 56.3 Å². The molecule has 1 spiro atoms. The first-order chi connectivity index (χ1) is 44.9. The summed E-state index contributed by atoms with van der Waals surface area (Å²) in [6.45, 7) is 11.9. The summed E-state index contributed by atoms with van der Waals surface area (Å²) in [5.74, 6) is -12.3. The first-order valence-electron chi connectivity index (χ1n) is 35.0. The number of hydrogen-bond acceptors (Lipinski definition) is 12. The van der Waals surface area contributed by atoms with Crippen LogP contribution in [0.5, 0.6) is 0 Å². The van der Waals surface area contributed by atoms with E-state index in [-0.39, 0.29) is 76.3 Å². The van der Waals surface area contributed by atoms with Crippen LogP contribution in [0.1, 0.15) is 177 Å². The number of carbonyl (C=O) groups is 12. The molecular weight excluding hydrogens is 1250 g/mol. The van der Waals surface area contributed by atoms with E-state index in [4.69, 9.17) is 0 Å². The second-order valence-electron chi connectivity index (χ2n) is 29.3. The van der Waals surface area contributed by atoms with Crippen LogP contribution < -0.4 is 16.0 Å². The SMILES string of the molecule is CC[C@H](C)[C@@H]1NC(=O)[C@H](CC(C)C)N(C)C(=O)C[C@@H](C(=O)N(C)C)N(C)C(=O)[C@H]([C@@H](C)CC)N(C)C(=O)C2(CCCC2)NC(=O)[C@@H]2CCCN2C(=O)[C@H](CCC2CCC(C(F)(F)F)C(F)C2)NC(=O)CN(C)C(=O)[C@H](C2CCCC2)N(C)C(=O)[C@@H]2CCN2C(=O)[C@H](C)N(C)C1=O. The molecule has 14 atom stereocenters. The molecule has 24 nitrogen and oxygen atoms in total. The van der Waals surface area contributed by atoms with Crippen molar-refractivity contribution < 1.29 is 75.1 Å². The fourth-order valence-electron chi connectivity index (χ4n) is 15.3. The van der Waals surface area contributed by atoms with Gasteiger partial charge in [0.1, 0.15) is 66.1 Å². The Morgan fingerprint density at radius 3 is 1.80 bits per heavy atom.